The lowest BCUT2D eigenvalue weighted by molar-refractivity contribution is 0.584. The van der Waals surface area contributed by atoms with E-state index in [0.717, 1.165) is 11.6 Å². The molecule has 4 rings (SSSR count). The van der Waals surface area contributed by atoms with Crippen LogP contribution in [0.25, 0.3) is 33.2 Å². The molecule has 0 saturated heterocycles. The summed E-state index contributed by atoms with van der Waals surface area (Å²) in [6.07, 6.45) is 1.64. The predicted octanol–water partition coefficient (Wildman–Crippen LogP) is 6.05. The molecule has 2 heterocycles. The van der Waals surface area contributed by atoms with Gasteiger partial charge in [0.2, 0.25) is 0 Å². The SMILES string of the molecule is [2H]C(C)(C)c1ccnc(-c2cccc3c2oc2cc(F)cc(F)c23)c1. The van der Waals surface area contributed by atoms with E-state index in [1.165, 1.54) is 6.07 Å². The zero-order valence-electron chi connectivity index (χ0n) is 14.2. The summed E-state index contributed by atoms with van der Waals surface area (Å²) in [6, 6.07) is 11.0. The molecule has 0 aliphatic carbocycles. The maximum atomic E-state index is 14.2. The molecule has 2 nitrogen and oxygen atoms in total. The number of hydrogen-bond acceptors (Lipinski definition) is 2. The van der Waals surface area contributed by atoms with E-state index in [1.807, 2.05) is 12.1 Å². The summed E-state index contributed by atoms with van der Waals surface area (Å²) in [4.78, 5) is 4.37. The zero-order valence-corrected chi connectivity index (χ0v) is 13.2. The van der Waals surface area contributed by atoms with Gasteiger partial charge in [-0.15, -0.1) is 0 Å². The monoisotopic (exact) mass is 324 g/mol. The number of nitrogens with zero attached hydrogens (tertiary/aromatic N) is 1. The predicted molar refractivity (Wildman–Crippen MR) is 91.0 cm³/mol. The number of para-hydroxylation sites is 1. The number of furan rings is 1. The van der Waals surface area contributed by atoms with E-state index >= 15 is 0 Å². The Bertz CT molecular complexity index is 1110. The fourth-order valence-corrected chi connectivity index (χ4v) is 2.94. The van der Waals surface area contributed by atoms with Crippen LogP contribution in [0.4, 0.5) is 8.78 Å². The number of benzene rings is 2. The first-order valence-electron chi connectivity index (χ1n) is 8.12. The van der Waals surface area contributed by atoms with Gasteiger partial charge in [-0.2, -0.15) is 0 Å². The Morgan fingerprint density at radius 3 is 2.75 bits per heavy atom. The minimum absolute atomic E-state index is 0.164. The van der Waals surface area contributed by atoms with Gasteiger partial charge in [-0.3, -0.25) is 4.98 Å². The highest BCUT2D eigenvalue weighted by Crippen LogP contribution is 2.37. The van der Waals surface area contributed by atoms with E-state index in [-0.39, 0.29) is 11.0 Å². The van der Waals surface area contributed by atoms with Crippen LogP contribution in [0.15, 0.2) is 53.1 Å². The fourth-order valence-electron chi connectivity index (χ4n) is 2.94. The molecule has 0 aliphatic heterocycles. The van der Waals surface area contributed by atoms with Gasteiger partial charge in [0.05, 0.1) is 11.1 Å². The molecule has 0 aliphatic rings. The number of pyridine rings is 1. The molecule has 0 amide bonds. The number of halogens is 2. The maximum Gasteiger partial charge on any atom is 0.144 e. The molecular weight excluding hydrogens is 308 g/mol. The lowest BCUT2D eigenvalue weighted by Crippen LogP contribution is -1.91. The van der Waals surface area contributed by atoms with Crippen LogP contribution >= 0.6 is 0 Å². The maximum absolute atomic E-state index is 14.2. The van der Waals surface area contributed by atoms with Crippen LogP contribution in [0.1, 0.15) is 26.7 Å². The van der Waals surface area contributed by atoms with Gasteiger partial charge in [-0.05, 0) is 29.7 Å². The second kappa shape index (κ2) is 5.41. The Balaban J connectivity index is 2.02. The van der Waals surface area contributed by atoms with Crippen LogP contribution in [0.2, 0.25) is 0 Å². The molecule has 120 valence electrons. The second-order valence-corrected chi connectivity index (χ2v) is 5.97. The average molecular weight is 324 g/mol. The van der Waals surface area contributed by atoms with E-state index in [0.29, 0.717) is 22.2 Å². The van der Waals surface area contributed by atoms with Crippen molar-refractivity contribution < 1.29 is 14.6 Å². The first-order valence-corrected chi connectivity index (χ1v) is 7.62. The fraction of sp³-hybridized carbons (Fsp3) is 0.150. The molecule has 0 radical (unpaired) electrons. The van der Waals surface area contributed by atoms with Crippen molar-refractivity contribution in [3.05, 3.63) is 65.9 Å². The van der Waals surface area contributed by atoms with Crippen LogP contribution in [0.3, 0.4) is 0 Å². The van der Waals surface area contributed by atoms with Gasteiger partial charge in [0.15, 0.2) is 0 Å². The highest BCUT2D eigenvalue weighted by molar-refractivity contribution is 6.09. The minimum atomic E-state index is -0.769. The molecular formula is C20H15F2NO. The van der Waals surface area contributed by atoms with E-state index in [2.05, 4.69) is 4.98 Å². The zero-order chi connectivity index (χ0) is 17.8. The Hall–Kier alpha value is -2.75. The van der Waals surface area contributed by atoms with E-state index in [4.69, 9.17) is 5.79 Å². The van der Waals surface area contributed by atoms with Crippen LogP contribution in [-0.2, 0) is 0 Å². The van der Waals surface area contributed by atoms with Gasteiger partial charge in [0, 0.05) is 30.7 Å². The lowest BCUT2D eigenvalue weighted by atomic mass is 10.0. The molecule has 2 aromatic carbocycles. The van der Waals surface area contributed by atoms with Gasteiger partial charge in [0.1, 0.15) is 22.8 Å². The van der Waals surface area contributed by atoms with Crippen molar-refractivity contribution in [1.82, 2.24) is 4.98 Å². The Morgan fingerprint density at radius 2 is 1.96 bits per heavy atom. The molecule has 0 N–H and O–H groups in total. The smallest absolute Gasteiger partial charge is 0.144 e. The van der Waals surface area contributed by atoms with E-state index < -0.39 is 17.5 Å². The third kappa shape index (κ3) is 2.26. The quantitative estimate of drug-likeness (QED) is 0.448. The number of hydrogen-bond donors (Lipinski definition) is 0. The average Bonchev–Trinajstić information content (AvgIpc) is 2.92. The van der Waals surface area contributed by atoms with Gasteiger partial charge >= 0.3 is 0 Å². The van der Waals surface area contributed by atoms with Crippen molar-refractivity contribution in [3.63, 3.8) is 0 Å². The summed E-state index contributed by atoms with van der Waals surface area (Å²) < 4.78 is 41.7. The summed E-state index contributed by atoms with van der Waals surface area (Å²) in [7, 11) is 0. The minimum Gasteiger partial charge on any atom is -0.455 e. The van der Waals surface area contributed by atoms with Crippen LogP contribution in [0.5, 0.6) is 0 Å². The molecule has 0 atom stereocenters. The standard InChI is InChI=1S/C20H15F2NO/c1-11(2)12-6-7-23-17(8-12)14-4-3-5-15-19-16(22)9-13(21)10-18(19)24-20(14)15/h3-11H,1-2H3/i11D. The topological polar surface area (TPSA) is 26.0 Å². The number of aromatic nitrogens is 1. The molecule has 0 spiro atoms. The summed E-state index contributed by atoms with van der Waals surface area (Å²) in [5, 5.41) is 0.831. The first-order chi connectivity index (χ1) is 11.8. The van der Waals surface area contributed by atoms with E-state index in [9.17, 15) is 8.78 Å². The van der Waals surface area contributed by atoms with E-state index in [1.54, 1.807) is 38.2 Å². The largest absolute Gasteiger partial charge is 0.455 e. The molecule has 2 aromatic heterocycles. The van der Waals surface area contributed by atoms with Crippen LogP contribution in [-0.4, -0.2) is 4.98 Å². The normalized spacial score (nSPS) is 12.8. The highest BCUT2D eigenvalue weighted by Gasteiger charge is 2.17. The van der Waals surface area contributed by atoms with Crippen molar-refractivity contribution in [2.24, 2.45) is 0 Å². The van der Waals surface area contributed by atoms with Crippen molar-refractivity contribution in [3.8, 4) is 11.3 Å². The number of rotatable bonds is 2. The summed E-state index contributed by atoms with van der Waals surface area (Å²) in [6.45, 7) is 3.60. The summed E-state index contributed by atoms with van der Waals surface area (Å²) in [5.74, 6) is -2.10. The molecule has 4 heteroatoms. The number of fused-ring (bicyclic) bond motifs is 3. The van der Waals surface area contributed by atoms with Crippen LogP contribution < -0.4 is 0 Å². The lowest BCUT2D eigenvalue weighted by Gasteiger charge is -2.07. The molecule has 24 heavy (non-hydrogen) atoms. The van der Waals surface area contributed by atoms with Gasteiger partial charge in [-0.25, -0.2) is 8.78 Å². The molecule has 0 saturated carbocycles. The van der Waals surface area contributed by atoms with Gasteiger partial charge in [0.25, 0.3) is 0 Å². The Labute approximate surface area is 139 Å². The third-order valence-corrected chi connectivity index (χ3v) is 4.13. The van der Waals surface area contributed by atoms with Gasteiger partial charge in [-0.1, -0.05) is 26.0 Å². The van der Waals surface area contributed by atoms with Crippen LogP contribution in [0, 0.1) is 11.6 Å². The second-order valence-electron chi connectivity index (χ2n) is 5.97. The van der Waals surface area contributed by atoms with Crippen molar-refractivity contribution in [2.45, 2.75) is 19.7 Å². The van der Waals surface area contributed by atoms with Crippen molar-refractivity contribution in [2.75, 3.05) is 0 Å². The Morgan fingerprint density at radius 1 is 1.12 bits per heavy atom. The highest BCUT2D eigenvalue weighted by atomic mass is 19.1. The van der Waals surface area contributed by atoms with Gasteiger partial charge < -0.3 is 4.42 Å². The van der Waals surface area contributed by atoms with Crippen molar-refractivity contribution >= 4 is 21.9 Å². The summed E-state index contributed by atoms with van der Waals surface area (Å²) >= 11 is 0. The third-order valence-electron chi connectivity index (χ3n) is 4.13. The van der Waals surface area contributed by atoms with Crippen molar-refractivity contribution in [1.29, 1.82) is 0 Å². The first kappa shape index (κ1) is 13.7. The molecule has 0 bridgehead atoms. The molecule has 4 aromatic rings. The summed E-state index contributed by atoms with van der Waals surface area (Å²) in [5.41, 5.74) is 2.73. The molecule has 0 fully saturated rings. The molecule has 0 unspecified atom stereocenters. The Kier molecular flexibility index (Phi) is 3.08.